The molecular formula is C22H36IN5OS. The lowest BCUT2D eigenvalue weighted by Gasteiger charge is -2.36. The summed E-state index contributed by atoms with van der Waals surface area (Å²) in [5.41, 5.74) is 1.94. The molecule has 1 unspecified atom stereocenters. The van der Waals surface area contributed by atoms with Crippen LogP contribution in [0.4, 0.5) is 10.5 Å². The van der Waals surface area contributed by atoms with E-state index in [1.165, 1.54) is 0 Å². The number of aliphatic imine (C=N–C) groups is 1. The molecule has 0 aromatic heterocycles. The molecule has 1 atom stereocenters. The first kappa shape index (κ1) is 25.1. The Bertz CT molecular complexity index is 709. The number of benzene rings is 1. The fourth-order valence-corrected chi connectivity index (χ4v) is 5.03. The molecule has 1 aromatic carbocycles. The van der Waals surface area contributed by atoms with E-state index in [4.69, 9.17) is 4.99 Å². The van der Waals surface area contributed by atoms with Gasteiger partial charge in [-0.1, -0.05) is 26.0 Å². The van der Waals surface area contributed by atoms with Crippen LogP contribution in [0.1, 0.15) is 39.2 Å². The van der Waals surface area contributed by atoms with Gasteiger partial charge < -0.3 is 20.4 Å². The molecule has 6 nitrogen and oxygen atoms in total. The van der Waals surface area contributed by atoms with Gasteiger partial charge in [-0.05, 0) is 43.4 Å². The lowest BCUT2D eigenvalue weighted by atomic mass is 10.1. The first-order valence-corrected chi connectivity index (χ1v) is 11.9. The highest BCUT2D eigenvalue weighted by Gasteiger charge is 2.24. The van der Waals surface area contributed by atoms with Gasteiger partial charge in [-0.3, -0.25) is 0 Å². The highest BCUT2D eigenvalue weighted by molar-refractivity contribution is 14.0. The molecule has 2 saturated heterocycles. The molecule has 0 aliphatic carbocycles. The summed E-state index contributed by atoms with van der Waals surface area (Å²) in [5.74, 6) is 2.80. The second kappa shape index (κ2) is 12.6. The molecule has 2 heterocycles. The minimum absolute atomic E-state index is 0. The molecule has 0 bridgehead atoms. The summed E-state index contributed by atoms with van der Waals surface area (Å²) in [6.45, 7) is 12.0. The first-order valence-electron chi connectivity index (χ1n) is 10.9. The number of guanidine groups is 1. The summed E-state index contributed by atoms with van der Waals surface area (Å²) >= 11 is 2.07. The molecular weight excluding hydrogens is 509 g/mol. The fraction of sp³-hybridized carbons (Fsp3) is 0.636. The first-order chi connectivity index (χ1) is 14.1. The van der Waals surface area contributed by atoms with E-state index >= 15 is 0 Å². The van der Waals surface area contributed by atoms with Gasteiger partial charge in [0.1, 0.15) is 0 Å². The van der Waals surface area contributed by atoms with E-state index < -0.39 is 0 Å². The van der Waals surface area contributed by atoms with E-state index in [-0.39, 0.29) is 30.0 Å². The van der Waals surface area contributed by atoms with Crippen LogP contribution >= 0.6 is 35.7 Å². The zero-order valence-corrected chi connectivity index (χ0v) is 21.5. The molecule has 2 amide bonds. The number of likely N-dealkylation sites (tertiary alicyclic amines) is 1. The van der Waals surface area contributed by atoms with E-state index in [1.54, 1.807) is 0 Å². The number of urea groups is 1. The van der Waals surface area contributed by atoms with E-state index in [0.29, 0.717) is 17.7 Å². The van der Waals surface area contributed by atoms with E-state index in [0.717, 1.165) is 68.5 Å². The molecule has 8 heteroatoms. The minimum atomic E-state index is 0. The molecule has 2 N–H and O–H groups in total. The van der Waals surface area contributed by atoms with Crippen molar-refractivity contribution in [3.05, 3.63) is 29.8 Å². The van der Waals surface area contributed by atoms with Gasteiger partial charge >= 0.3 is 6.03 Å². The molecule has 0 saturated carbocycles. The highest BCUT2D eigenvalue weighted by atomic mass is 127. The average Bonchev–Trinajstić information content (AvgIpc) is 3.26. The number of amides is 2. The van der Waals surface area contributed by atoms with Crippen LogP contribution < -0.4 is 10.6 Å². The molecule has 0 radical (unpaired) electrons. The van der Waals surface area contributed by atoms with Gasteiger partial charge in [0.2, 0.25) is 0 Å². The predicted molar refractivity (Wildman–Crippen MR) is 139 cm³/mol. The third-order valence-electron chi connectivity index (χ3n) is 5.45. The zero-order chi connectivity index (χ0) is 20.6. The van der Waals surface area contributed by atoms with Crippen LogP contribution in [-0.4, -0.2) is 65.5 Å². The maximum absolute atomic E-state index is 12.3. The van der Waals surface area contributed by atoms with Gasteiger partial charge in [0, 0.05) is 49.4 Å². The summed E-state index contributed by atoms with van der Waals surface area (Å²) in [5, 5.41) is 7.13. The van der Waals surface area contributed by atoms with Gasteiger partial charge in [0.25, 0.3) is 0 Å². The fourth-order valence-electron chi connectivity index (χ4n) is 3.73. The third kappa shape index (κ3) is 7.21. The lowest BCUT2D eigenvalue weighted by Crippen LogP contribution is -2.49. The van der Waals surface area contributed by atoms with Gasteiger partial charge in [0.05, 0.1) is 6.54 Å². The number of anilines is 1. The predicted octanol–water partition coefficient (Wildman–Crippen LogP) is 4.47. The third-order valence-corrected chi connectivity index (χ3v) is 6.99. The van der Waals surface area contributed by atoms with Crippen LogP contribution in [0.25, 0.3) is 0 Å². The van der Waals surface area contributed by atoms with Crippen molar-refractivity contribution in [3.8, 4) is 0 Å². The maximum Gasteiger partial charge on any atom is 0.321 e. The SMILES string of the molecule is CCNC(=NCc1cccc(NC(=O)N2CCCC2)c1)N1CCSC(C(C)C)C1.I. The number of hydrogen-bond donors (Lipinski definition) is 2. The Kier molecular flexibility index (Phi) is 10.6. The Hall–Kier alpha value is -1.16. The molecule has 30 heavy (non-hydrogen) atoms. The Morgan fingerprint density at radius 3 is 2.70 bits per heavy atom. The minimum Gasteiger partial charge on any atom is -0.357 e. The van der Waals surface area contributed by atoms with Gasteiger partial charge in [0.15, 0.2) is 5.96 Å². The zero-order valence-electron chi connectivity index (χ0n) is 18.4. The van der Waals surface area contributed by atoms with Crippen molar-refractivity contribution in [2.24, 2.45) is 10.9 Å². The van der Waals surface area contributed by atoms with Crippen LogP contribution in [0.3, 0.4) is 0 Å². The molecule has 168 valence electrons. The van der Waals surface area contributed by atoms with Gasteiger partial charge in [-0.2, -0.15) is 11.8 Å². The normalized spacial score (nSPS) is 19.6. The van der Waals surface area contributed by atoms with Crippen molar-refractivity contribution in [2.45, 2.75) is 45.4 Å². The Balaban J connectivity index is 0.00000320. The summed E-state index contributed by atoms with van der Waals surface area (Å²) in [4.78, 5) is 21.5. The quantitative estimate of drug-likeness (QED) is 0.326. The van der Waals surface area contributed by atoms with Crippen molar-refractivity contribution in [2.75, 3.05) is 43.8 Å². The summed E-state index contributed by atoms with van der Waals surface area (Å²) in [6, 6.07) is 8.04. The Morgan fingerprint density at radius 2 is 2.00 bits per heavy atom. The summed E-state index contributed by atoms with van der Waals surface area (Å²) in [6.07, 6.45) is 2.20. The summed E-state index contributed by atoms with van der Waals surface area (Å²) in [7, 11) is 0. The number of rotatable bonds is 5. The molecule has 2 fully saturated rings. The van der Waals surface area contributed by atoms with Crippen molar-refractivity contribution in [1.29, 1.82) is 0 Å². The number of nitrogens with zero attached hydrogens (tertiary/aromatic N) is 3. The number of nitrogens with one attached hydrogen (secondary N) is 2. The number of thioether (sulfide) groups is 1. The maximum atomic E-state index is 12.3. The number of carbonyl (C=O) groups is 1. The van der Waals surface area contributed by atoms with Crippen LogP contribution in [-0.2, 0) is 6.54 Å². The summed E-state index contributed by atoms with van der Waals surface area (Å²) < 4.78 is 0. The van der Waals surface area contributed by atoms with Crippen molar-refractivity contribution >= 4 is 53.4 Å². The smallest absolute Gasteiger partial charge is 0.321 e. The van der Waals surface area contributed by atoms with Crippen molar-refractivity contribution in [1.82, 2.24) is 15.1 Å². The Morgan fingerprint density at radius 1 is 1.23 bits per heavy atom. The van der Waals surface area contributed by atoms with Crippen LogP contribution in [0, 0.1) is 5.92 Å². The van der Waals surface area contributed by atoms with E-state index in [2.05, 4.69) is 54.1 Å². The average molecular weight is 546 g/mol. The van der Waals surface area contributed by atoms with Crippen LogP contribution in [0.5, 0.6) is 0 Å². The molecule has 2 aliphatic heterocycles. The van der Waals surface area contributed by atoms with Gasteiger partial charge in [-0.25, -0.2) is 9.79 Å². The van der Waals surface area contributed by atoms with Crippen molar-refractivity contribution < 1.29 is 4.79 Å². The van der Waals surface area contributed by atoms with E-state index in [9.17, 15) is 4.79 Å². The molecule has 2 aliphatic rings. The molecule has 3 rings (SSSR count). The number of halogens is 1. The van der Waals surface area contributed by atoms with Crippen LogP contribution in [0.15, 0.2) is 29.3 Å². The molecule has 0 spiro atoms. The monoisotopic (exact) mass is 545 g/mol. The van der Waals surface area contributed by atoms with Crippen molar-refractivity contribution in [3.63, 3.8) is 0 Å². The number of carbonyl (C=O) groups excluding carboxylic acids is 1. The van der Waals surface area contributed by atoms with Crippen LogP contribution in [0.2, 0.25) is 0 Å². The highest BCUT2D eigenvalue weighted by Crippen LogP contribution is 2.25. The topological polar surface area (TPSA) is 60.0 Å². The standard InChI is InChI=1S/C22H35N5OS.HI/c1-4-23-21(27-12-13-29-20(16-27)17(2)3)24-15-18-8-7-9-19(14-18)25-22(28)26-10-5-6-11-26;/h7-9,14,17,20H,4-6,10-13,15-16H2,1-3H3,(H,23,24)(H,25,28);1H. The largest absolute Gasteiger partial charge is 0.357 e. The second-order valence-corrected chi connectivity index (χ2v) is 9.44. The number of hydrogen-bond acceptors (Lipinski definition) is 3. The Labute approximate surface area is 202 Å². The molecule has 1 aromatic rings. The van der Waals surface area contributed by atoms with Gasteiger partial charge in [-0.15, -0.1) is 24.0 Å². The van der Waals surface area contributed by atoms with E-state index in [1.807, 2.05) is 23.1 Å². The second-order valence-electron chi connectivity index (χ2n) is 8.09. The lowest BCUT2D eigenvalue weighted by molar-refractivity contribution is 0.222.